The zero-order valence-electron chi connectivity index (χ0n) is 5.26. The summed E-state index contributed by atoms with van der Waals surface area (Å²) in [5, 5.41) is 0. The molecule has 0 heterocycles. The average Bonchev–Trinajstić information content (AvgIpc) is 1.66. The molecule has 0 bridgehead atoms. The van der Waals surface area contributed by atoms with E-state index in [-0.39, 0.29) is 0 Å². The molecule has 0 amide bonds. The maximum absolute atomic E-state index is 5.19. The summed E-state index contributed by atoms with van der Waals surface area (Å²) in [6.45, 7) is 4.43. The number of rotatable bonds is 2. The molecule has 3 nitrogen and oxygen atoms in total. The van der Waals surface area contributed by atoms with Gasteiger partial charge in [0.25, 0.3) is 0 Å². The Hall–Kier alpha value is -0.860. The lowest BCUT2D eigenvalue weighted by Crippen LogP contribution is -2.04. The fourth-order valence-electron chi connectivity index (χ4n) is 0.214. The molecule has 8 heavy (non-hydrogen) atoms. The summed E-state index contributed by atoms with van der Waals surface area (Å²) < 4.78 is 0. The molecule has 0 aliphatic heterocycles. The first-order valence-electron chi connectivity index (χ1n) is 2.55. The number of aliphatic imine (C=N–C) groups is 2. The summed E-state index contributed by atoms with van der Waals surface area (Å²) in [5.74, 6) is 0.544. The van der Waals surface area contributed by atoms with Crippen LogP contribution in [0.3, 0.4) is 0 Å². The van der Waals surface area contributed by atoms with Crippen LogP contribution in [-0.4, -0.2) is 18.7 Å². The van der Waals surface area contributed by atoms with Crippen molar-refractivity contribution in [3.05, 3.63) is 0 Å². The molecule has 0 rings (SSSR count). The maximum atomic E-state index is 5.19. The van der Waals surface area contributed by atoms with Crippen LogP contribution in [0.5, 0.6) is 0 Å². The lowest BCUT2D eigenvalue weighted by atomic mass is 10.7. The van der Waals surface area contributed by atoms with Crippen LogP contribution in [-0.2, 0) is 0 Å². The van der Waals surface area contributed by atoms with Gasteiger partial charge in [0.15, 0.2) is 0 Å². The second-order valence-corrected chi connectivity index (χ2v) is 1.38. The van der Waals surface area contributed by atoms with E-state index in [9.17, 15) is 0 Å². The molecular weight excluding hydrogens is 102 g/mol. The second-order valence-electron chi connectivity index (χ2n) is 1.38. The molecule has 0 aromatic carbocycles. The Morgan fingerprint density at radius 3 is 2.75 bits per heavy atom. The van der Waals surface area contributed by atoms with Crippen molar-refractivity contribution >= 4 is 12.2 Å². The van der Waals surface area contributed by atoms with E-state index >= 15 is 0 Å². The van der Waals surface area contributed by atoms with Gasteiger partial charge in [0.1, 0.15) is 6.34 Å². The highest BCUT2D eigenvalue weighted by Gasteiger charge is 1.69. The van der Waals surface area contributed by atoms with Crippen LogP contribution in [0.25, 0.3) is 0 Å². The molecule has 0 radical (unpaired) electrons. The summed E-state index contributed by atoms with van der Waals surface area (Å²) in [5.41, 5.74) is 5.19. The van der Waals surface area contributed by atoms with Gasteiger partial charge >= 0.3 is 0 Å². The van der Waals surface area contributed by atoms with Gasteiger partial charge in [-0.2, -0.15) is 0 Å². The molecule has 2 N–H and O–H groups in total. The Morgan fingerprint density at radius 2 is 2.38 bits per heavy atom. The van der Waals surface area contributed by atoms with Crippen molar-refractivity contribution in [3.63, 3.8) is 0 Å². The smallest absolute Gasteiger partial charge is 0.111 e. The molecule has 0 saturated carbocycles. The maximum Gasteiger partial charge on any atom is 0.111 e. The number of nitrogens with zero attached hydrogens (tertiary/aromatic N) is 2. The third-order valence-electron chi connectivity index (χ3n) is 0.526. The topological polar surface area (TPSA) is 50.7 Å². The highest BCUT2D eigenvalue weighted by molar-refractivity contribution is 5.85. The summed E-state index contributed by atoms with van der Waals surface area (Å²) in [7, 11) is 0. The molecule has 46 valence electrons. The standard InChI is InChI=1S/C5H11N3/c1-3-7-4-8-5(2)6/h4H,3H2,1-2H3,(H2,6,7,8). The minimum absolute atomic E-state index is 0.544. The summed E-state index contributed by atoms with van der Waals surface area (Å²) >= 11 is 0. The van der Waals surface area contributed by atoms with Gasteiger partial charge in [-0.3, -0.25) is 4.99 Å². The molecule has 0 aliphatic carbocycles. The Labute approximate surface area is 49.3 Å². The Kier molecular flexibility index (Phi) is 3.84. The zero-order chi connectivity index (χ0) is 6.41. The Morgan fingerprint density at radius 1 is 1.75 bits per heavy atom. The molecule has 0 spiro atoms. The van der Waals surface area contributed by atoms with E-state index in [4.69, 9.17) is 5.73 Å². The predicted molar refractivity (Wildman–Crippen MR) is 36.3 cm³/mol. The largest absolute Gasteiger partial charge is 0.387 e. The monoisotopic (exact) mass is 113 g/mol. The van der Waals surface area contributed by atoms with Crippen LogP contribution in [0.4, 0.5) is 0 Å². The second kappa shape index (κ2) is 4.30. The highest BCUT2D eigenvalue weighted by Crippen LogP contribution is 1.65. The van der Waals surface area contributed by atoms with E-state index < -0.39 is 0 Å². The van der Waals surface area contributed by atoms with Crippen molar-refractivity contribution in [1.29, 1.82) is 0 Å². The van der Waals surface area contributed by atoms with Crippen LogP contribution in [0, 0.1) is 0 Å². The molecule has 0 unspecified atom stereocenters. The lowest BCUT2D eigenvalue weighted by molar-refractivity contribution is 1.13. The van der Waals surface area contributed by atoms with Crippen LogP contribution < -0.4 is 5.73 Å². The molecule has 0 fully saturated rings. The molecular formula is C5H11N3. The molecule has 0 aromatic rings. The Bertz CT molecular complexity index is 100. The van der Waals surface area contributed by atoms with Gasteiger partial charge in [-0.25, -0.2) is 4.99 Å². The van der Waals surface area contributed by atoms with E-state index in [0.29, 0.717) is 5.84 Å². The van der Waals surface area contributed by atoms with E-state index in [2.05, 4.69) is 9.98 Å². The molecule has 0 atom stereocenters. The lowest BCUT2D eigenvalue weighted by Gasteiger charge is -1.80. The summed E-state index contributed by atoms with van der Waals surface area (Å²) in [6.07, 6.45) is 1.47. The van der Waals surface area contributed by atoms with Crippen molar-refractivity contribution in [1.82, 2.24) is 0 Å². The molecule has 0 saturated heterocycles. The predicted octanol–water partition coefficient (Wildman–Crippen LogP) is 0.412. The van der Waals surface area contributed by atoms with Crippen molar-refractivity contribution in [2.75, 3.05) is 6.54 Å². The summed E-state index contributed by atoms with van der Waals surface area (Å²) in [4.78, 5) is 7.54. The normalized spacial score (nSPS) is 13.0. The first kappa shape index (κ1) is 7.14. The van der Waals surface area contributed by atoms with Gasteiger partial charge in [-0.1, -0.05) is 0 Å². The van der Waals surface area contributed by atoms with E-state index in [0.717, 1.165) is 6.54 Å². The number of hydrogen-bond acceptors (Lipinski definition) is 1. The van der Waals surface area contributed by atoms with Crippen LogP contribution in [0.2, 0.25) is 0 Å². The summed E-state index contributed by atoms with van der Waals surface area (Å²) in [6, 6.07) is 0. The van der Waals surface area contributed by atoms with E-state index in [1.54, 1.807) is 6.92 Å². The fraction of sp³-hybridized carbons (Fsp3) is 0.600. The van der Waals surface area contributed by atoms with Crippen LogP contribution >= 0.6 is 0 Å². The third-order valence-corrected chi connectivity index (χ3v) is 0.526. The average molecular weight is 113 g/mol. The number of hydrogen-bond donors (Lipinski definition) is 1. The van der Waals surface area contributed by atoms with Gasteiger partial charge in [0.2, 0.25) is 0 Å². The SMILES string of the molecule is CCN=CN=C(C)N. The van der Waals surface area contributed by atoms with Gasteiger partial charge < -0.3 is 5.73 Å². The van der Waals surface area contributed by atoms with Crippen LogP contribution in [0.15, 0.2) is 9.98 Å². The zero-order valence-corrected chi connectivity index (χ0v) is 5.26. The van der Waals surface area contributed by atoms with Crippen molar-refractivity contribution in [2.45, 2.75) is 13.8 Å². The van der Waals surface area contributed by atoms with Gasteiger partial charge in [0.05, 0.1) is 5.84 Å². The van der Waals surface area contributed by atoms with Gasteiger partial charge in [-0.05, 0) is 13.8 Å². The quantitative estimate of drug-likeness (QED) is 0.409. The van der Waals surface area contributed by atoms with Gasteiger partial charge in [-0.15, -0.1) is 0 Å². The van der Waals surface area contributed by atoms with E-state index in [1.807, 2.05) is 6.92 Å². The first-order chi connectivity index (χ1) is 3.77. The first-order valence-corrected chi connectivity index (χ1v) is 2.55. The number of nitrogens with two attached hydrogens (primary N) is 1. The van der Waals surface area contributed by atoms with E-state index in [1.165, 1.54) is 6.34 Å². The van der Waals surface area contributed by atoms with Crippen molar-refractivity contribution in [3.8, 4) is 0 Å². The van der Waals surface area contributed by atoms with Crippen molar-refractivity contribution in [2.24, 2.45) is 15.7 Å². The Balaban J connectivity index is 3.42. The molecule has 0 aromatic heterocycles. The minimum Gasteiger partial charge on any atom is -0.387 e. The fourth-order valence-corrected chi connectivity index (χ4v) is 0.214. The minimum atomic E-state index is 0.544. The highest BCUT2D eigenvalue weighted by atomic mass is 14.9. The van der Waals surface area contributed by atoms with Crippen molar-refractivity contribution < 1.29 is 0 Å². The third kappa shape index (κ3) is 5.14. The molecule has 0 aliphatic rings. The molecule has 3 heteroatoms. The van der Waals surface area contributed by atoms with Crippen LogP contribution in [0.1, 0.15) is 13.8 Å². The number of amidine groups is 1. The van der Waals surface area contributed by atoms with Gasteiger partial charge in [0, 0.05) is 6.54 Å².